The Morgan fingerprint density at radius 3 is 3.12 bits per heavy atom. The number of fused-ring (bicyclic) bond motifs is 1. The van der Waals surface area contributed by atoms with E-state index in [0.29, 0.717) is 16.1 Å². The number of ether oxygens (including phenoxy) is 2. The van der Waals surface area contributed by atoms with Crippen molar-refractivity contribution < 1.29 is 13.9 Å². The summed E-state index contributed by atoms with van der Waals surface area (Å²) in [6.45, 7) is -0.168. The van der Waals surface area contributed by atoms with E-state index in [9.17, 15) is 4.39 Å². The van der Waals surface area contributed by atoms with E-state index in [-0.39, 0.29) is 13.2 Å². The quantitative estimate of drug-likeness (QED) is 0.800. The highest BCUT2D eigenvalue weighted by Crippen LogP contribution is 2.36. The Bertz CT molecular complexity index is 432. The molecule has 3 nitrogen and oxygen atoms in total. The molecule has 0 N–H and O–H groups in total. The third-order valence-corrected chi connectivity index (χ3v) is 2.57. The highest BCUT2D eigenvalue weighted by Gasteiger charge is 2.28. The molecular weight excluding hydrogens is 233 g/mol. The number of alkyl halides is 1. The summed E-state index contributed by atoms with van der Waals surface area (Å²) in [4.78, 5) is 0. The van der Waals surface area contributed by atoms with Crippen LogP contribution in [0.25, 0.3) is 0 Å². The lowest BCUT2D eigenvalue weighted by Crippen LogP contribution is -2.21. The lowest BCUT2D eigenvalue weighted by Gasteiger charge is -2.27. The molecule has 0 spiro atoms. The van der Waals surface area contributed by atoms with Gasteiger partial charge >= 0.3 is 0 Å². The predicted molar refractivity (Wildman–Crippen MR) is 55.6 cm³/mol. The second kappa shape index (κ2) is 4.79. The van der Waals surface area contributed by atoms with E-state index in [1.54, 1.807) is 18.2 Å². The largest absolute Gasteiger partial charge is 0.345 e. The third kappa shape index (κ3) is 2.17. The molecule has 84 valence electrons. The monoisotopic (exact) mass is 241 g/mol. The predicted octanol–water partition coefficient (Wildman–Crippen LogP) is 2.92. The van der Waals surface area contributed by atoms with Crippen LogP contribution in [0.2, 0.25) is 5.02 Å². The van der Waals surface area contributed by atoms with E-state index >= 15 is 0 Å². The molecule has 2 atom stereocenters. The molecule has 0 aromatic heterocycles. The van der Waals surface area contributed by atoms with Crippen molar-refractivity contribution in [2.45, 2.75) is 12.5 Å². The molecule has 2 rings (SSSR count). The van der Waals surface area contributed by atoms with E-state index in [4.69, 9.17) is 26.3 Å². The van der Waals surface area contributed by atoms with Crippen LogP contribution in [0.5, 0.6) is 0 Å². The molecule has 0 amide bonds. The molecule has 0 fully saturated rings. The van der Waals surface area contributed by atoms with Gasteiger partial charge in [0.2, 0.25) is 0 Å². The van der Waals surface area contributed by atoms with Crippen LogP contribution in [0.1, 0.15) is 23.6 Å². The average molecular weight is 242 g/mol. The number of hydrogen-bond acceptors (Lipinski definition) is 3. The number of hydrogen-bond donors (Lipinski definition) is 0. The standard InChI is InChI=1S/C11H9ClFNO2/c12-7-1-2-8-9(5-7)11(15-4-3-14)16-6-10(8)13/h1-2,5,10-11H,4,6H2/t10-,11-/m1/s1. The Balaban J connectivity index is 2.31. The summed E-state index contributed by atoms with van der Waals surface area (Å²) in [5.41, 5.74) is 1.07. The molecule has 1 aliphatic heterocycles. The highest BCUT2D eigenvalue weighted by molar-refractivity contribution is 6.30. The zero-order valence-corrected chi connectivity index (χ0v) is 9.08. The summed E-state index contributed by atoms with van der Waals surface area (Å²) >= 11 is 5.83. The second-order valence-corrected chi connectivity index (χ2v) is 3.81. The molecule has 5 heteroatoms. The Hall–Kier alpha value is -1.15. The molecular formula is C11H9ClFNO2. The Labute approximate surface area is 97.3 Å². The van der Waals surface area contributed by atoms with Crippen LogP contribution in [0, 0.1) is 11.3 Å². The van der Waals surface area contributed by atoms with Gasteiger partial charge in [-0.05, 0) is 17.7 Å². The molecule has 0 saturated heterocycles. The Kier molecular flexibility index (Phi) is 3.39. The summed E-state index contributed by atoms with van der Waals surface area (Å²) < 4.78 is 23.8. The van der Waals surface area contributed by atoms with Gasteiger partial charge in [0.05, 0.1) is 12.7 Å². The van der Waals surface area contributed by atoms with Gasteiger partial charge in [0.1, 0.15) is 12.8 Å². The minimum atomic E-state index is -1.17. The first-order valence-electron chi connectivity index (χ1n) is 4.76. The maximum absolute atomic E-state index is 13.5. The number of halogens is 2. The van der Waals surface area contributed by atoms with Gasteiger partial charge in [-0.3, -0.25) is 0 Å². The van der Waals surface area contributed by atoms with Crippen molar-refractivity contribution in [3.8, 4) is 6.07 Å². The first-order chi connectivity index (χ1) is 7.72. The molecule has 0 saturated carbocycles. The van der Waals surface area contributed by atoms with Crippen LogP contribution in [0.3, 0.4) is 0 Å². The van der Waals surface area contributed by atoms with Crippen molar-refractivity contribution in [3.63, 3.8) is 0 Å². The highest BCUT2D eigenvalue weighted by atomic mass is 35.5. The topological polar surface area (TPSA) is 42.2 Å². The van der Waals surface area contributed by atoms with Crippen LogP contribution in [-0.2, 0) is 9.47 Å². The van der Waals surface area contributed by atoms with Gasteiger partial charge in [0.15, 0.2) is 6.29 Å². The van der Waals surface area contributed by atoms with Gasteiger partial charge in [-0.2, -0.15) is 5.26 Å². The fourth-order valence-electron chi connectivity index (χ4n) is 1.64. The van der Waals surface area contributed by atoms with Crippen LogP contribution in [0.15, 0.2) is 18.2 Å². The van der Waals surface area contributed by atoms with Gasteiger partial charge in [0, 0.05) is 10.6 Å². The van der Waals surface area contributed by atoms with Crippen molar-refractivity contribution in [3.05, 3.63) is 34.3 Å². The molecule has 1 heterocycles. The molecule has 1 aliphatic rings. The zero-order valence-electron chi connectivity index (χ0n) is 8.32. The maximum Gasteiger partial charge on any atom is 0.185 e. The fourth-order valence-corrected chi connectivity index (χ4v) is 1.82. The molecule has 0 unspecified atom stereocenters. The lowest BCUT2D eigenvalue weighted by molar-refractivity contribution is -0.159. The molecule has 0 aliphatic carbocycles. The molecule has 1 aromatic rings. The maximum atomic E-state index is 13.5. The minimum Gasteiger partial charge on any atom is -0.345 e. The van der Waals surface area contributed by atoms with Crippen molar-refractivity contribution in [2.24, 2.45) is 0 Å². The number of benzene rings is 1. The Morgan fingerprint density at radius 1 is 1.56 bits per heavy atom. The van der Waals surface area contributed by atoms with Crippen molar-refractivity contribution in [2.75, 3.05) is 13.2 Å². The molecule has 1 aromatic carbocycles. The summed E-state index contributed by atoms with van der Waals surface area (Å²) in [5, 5.41) is 8.91. The smallest absolute Gasteiger partial charge is 0.185 e. The van der Waals surface area contributed by atoms with E-state index in [0.717, 1.165) is 0 Å². The summed E-state index contributed by atoms with van der Waals surface area (Å²) in [5.74, 6) is 0. The van der Waals surface area contributed by atoms with E-state index in [1.807, 2.05) is 6.07 Å². The summed E-state index contributed by atoms with van der Waals surface area (Å²) in [6.07, 6.45) is -1.88. The van der Waals surface area contributed by atoms with Crippen molar-refractivity contribution in [1.82, 2.24) is 0 Å². The average Bonchev–Trinajstić information content (AvgIpc) is 2.28. The number of rotatable bonds is 2. The van der Waals surface area contributed by atoms with E-state index in [2.05, 4.69) is 0 Å². The number of nitrogens with zero attached hydrogens (tertiary/aromatic N) is 1. The van der Waals surface area contributed by atoms with Crippen LogP contribution >= 0.6 is 11.6 Å². The van der Waals surface area contributed by atoms with Crippen LogP contribution in [-0.4, -0.2) is 13.2 Å². The van der Waals surface area contributed by atoms with Crippen LogP contribution in [0.4, 0.5) is 4.39 Å². The van der Waals surface area contributed by atoms with Crippen molar-refractivity contribution in [1.29, 1.82) is 5.26 Å². The Morgan fingerprint density at radius 2 is 2.38 bits per heavy atom. The van der Waals surface area contributed by atoms with Gasteiger partial charge < -0.3 is 9.47 Å². The normalized spacial score (nSPS) is 23.6. The van der Waals surface area contributed by atoms with Gasteiger partial charge in [-0.25, -0.2) is 4.39 Å². The molecule has 0 radical (unpaired) electrons. The van der Waals surface area contributed by atoms with Gasteiger partial charge in [0.25, 0.3) is 0 Å². The first kappa shape index (κ1) is 11.3. The SMILES string of the molecule is N#CCO[C@@H]1OC[C@@H](F)c2ccc(Cl)cc21. The second-order valence-electron chi connectivity index (χ2n) is 3.38. The fraction of sp³-hybridized carbons (Fsp3) is 0.364. The van der Waals surface area contributed by atoms with E-state index < -0.39 is 12.5 Å². The van der Waals surface area contributed by atoms with E-state index in [1.165, 1.54) is 0 Å². The summed E-state index contributed by atoms with van der Waals surface area (Å²) in [7, 11) is 0. The minimum absolute atomic E-state index is 0.0648. The lowest BCUT2D eigenvalue weighted by atomic mass is 10.0. The molecule has 16 heavy (non-hydrogen) atoms. The van der Waals surface area contributed by atoms with Crippen LogP contribution < -0.4 is 0 Å². The first-order valence-corrected chi connectivity index (χ1v) is 5.13. The van der Waals surface area contributed by atoms with Gasteiger partial charge in [-0.1, -0.05) is 17.7 Å². The van der Waals surface area contributed by atoms with Crippen molar-refractivity contribution >= 4 is 11.6 Å². The third-order valence-electron chi connectivity index (χ3n) is 2.33. The zero-order chi connectivity index (χ0) is 11.5. The number of nitriles is 1. The molecule has 0 bridgehead atoms. The van der Waals surface area contributed by atoms with Gasteiger partial charge in [-0.15, -0.1) is 0 Å². The summed E-state index contributed by atoms with van der Waals surface area (Å²) in [6, 6.07) is 6.69.